The van der Waals surface area contributed by atoms with Crippen LogP contribution < -0.4 is 14.2 Å². The van der Waals surface area contributed by atoms with Crippen LogP contribution >= 0.6 is 0 Å². The maximum Gasteiger partial charge on any atom is 0.231 e. The van der Waals surface area contributed by atoms with Crippen molar-refractivity contribution in [3.8, 4) is 28.4 Å². The molecular formula is C19H15NO4. The van der Waals surface area contributed by atoms with Crippen molar-refractivity contribution in [3.63, 3.8) is 0 Å². The molecule has 0 unspecified atom stereocenters. The van der Waals surface area contributed by atoms with Crippen LogP contribution in [0, 0.1) is 0 Å². The van der Waals surface area contributed by atoms with Crippen molar-refractivity contribution in [1.82, 2.24) is 4.98 Å². The summed E-state index contributed by atoms with van der Waals surface area (Å²) in [4.78, 5) is 4.48. The molecule has 1 aromatic heterocycles. The topological polar surface area (TPSA) is 60.8 Å². The van der Waals surface area contributed by atoms with Gasteiger partial charge in [0.05, 0.1) is 12.8 Å². The number of fused-ring (bicyclic) bond motifs is 4. The maximum atomic E-state index is 11.3. The number of benzene rings is 2. The van der Waals surface area contributed by atoms with Gasteiger partial charge in [0, 0.05) is 22.7 Å². The highest BCUT2D eigenvalue weighted by Crippen LogP contribution is 2.54. The molecule has 2 aliphatic rings. The van der Waals surface area contributed by atoms with Crippen LogP contribution in [0.2, 0.25) is 0 Å². The molecule has 0 amide bonds. The van der Waals surface area contributed by atoms with E-state index in [4.69, 9.17) is 14.2 Å². The van der Waals surface area contributed by atoms with Gasteiger partial charge in [-0.25, -0.2) is 0 Å². The van der Waals surface area contributed by atoms with Gasteiger partial charge < -0.3 is 19.3 Å². The van der Waals surface area contributed by atoms with E-state index in [1.54, 1.807) is 20.2 Å². The molecule has 5 heteroatoms. The quantitative estimate of drug-likeness (QED) is 0.746. The van der Waals surface area contributed by atoms with Crippen LogP contribution in [-0.4, -0.2) is 24.0 Å². The van der Waals surface area contributed by atoms with Gasteiger partial charge in [0.1, 0.15) is 11.4 Å². The molecule has 1 atom stereocenters. The minimum absolute atomic E-state index is 0.198. The molecule has 2 aromatic carbocycles. The summed E-state index contributed by atoms with van der Waals surface area (Å²) in [5.41, 5.74) is 1.98. The van der Waals surface area contributed by atoms with E-state index in [0.717, 1.165) is 33.2 Å². The standard InChI is InChI=1S/C19H15NO4/c1-19(21)13-8-11(22-2)3-4-12(13)16-15-10(5-6-20-18(15)19)7-14-17(16)24-9-23-14/h3-8,21H,9H2,1-2H3/t19-/m1/s1. The first-order valence-electron chi connectivity index (χ1n) is 7.74. The number of methoxy groups -OCH3 is 1. The first-order chi connectivity index (χ1) is 11.6. The summed E-state index contributed by atoms with van der Waals surface area (Å²) in [7, 11) is 1.61. The number of aromatic nitrogens is 1. The average molecular weight is 321 g/mol. The van der Waals surface area contributed by atoms with E-state index >= 15 is 0 Å². The molecule has 2 heterocycles. The number of nitrogens with zero attached hydrogens (tertiary/aromatic N) is 1. The Balaban J connectivity index is 2.00. The highest BCUT2D eigenvalue weighted by Gasteiger charge is 2.40. The Morgan fingerprint density at radius 2 is 2.08 bits per heavy atom. The maximum absolute atomic E-state index is 11.3. The van der Waals surface area contributed by atoms with Crippen LogP contribution in [0.1, 0.15) is 18.2 Å². The van der Waals surface area contributed by atoms with Crippen LogP contribution in [0.25, 0.3) is 21.9 Å². The fraction of sp³-hybridized carbons (Fsp3) is 0.211. The Hall–Kier alpha value is -2.79. The van der Waals surface area contributed by atoms with Crippen LogP contribution in [0.5, 0.6) is 17.2 Å². The van der Waals surface area contributed by atoms with E-state index in [-0.39, 0.29) is 6.79 Å². The zero-order valence-corrected chi connectivity index (χ0v) is 13.3. The van der Waals surface area contributed by atoms with Crippen molar-refractivity contribution >= 4 is 10.8 Å². The van der Waals surface area contributed by atoms with Gasteiger partial charge in [-0.05, 0) is 42.1 Å². The molecule has 1 aliphatic carbocycles. The number of ether oxygens (including phenoxy) is 3. The molecule has 0 fully saturated rings. The summed E-state index contributed by atoms with van der Waals surface area (Å²) in [6, 6.07) is 9.56. The summed E-state index contributed by atoms with van der Waals surface area (Å²) in [6.45, 7) is 1.96. The SMILES string of the molecule is COc1ccc2c(c1)[C@@](C)(O)c1nccc3cc4c(c-2c13)OCO4. The van der Waals surface area contributed by atoms with E-state index in [1.807, 2.05) is 30.3 Å². The molecule has 0 radical (unpaired) electrons. The minimum Gasteiger partial charge on any atom is -0.497 e. The second-order valence-electron chi connectivity index (χ2n) is 6.23. The van der Waals surface area contributed by atoms with Gasteiger partial charge in [0.25, 0.3) is 0 Å². The molecule has 1 N–H and O–H groups in total. The van der Waals surface area contributed by atoms with E-state index < -0.39 is 5.60 Å². The molecule has 5 nitrogen and oxygen atoms in total. The van der Waals surface area contributed by atoms with Crippen molar-refractivity contribution < 1.29 is 19.3 Å². The Kier molecular flexibility index (Phi) is 2.49. The number of aliphatic hydroxyl groups is 1. The van der Waals surface area contributed by atoms with Crippen molar-refractivity contribution in [3.05, 3.63) is 47.8 Å². The number of pyridine rings is 1. The predicted molar refractivity (Wildman–Crippen MR) is 88.5 cm³/mol. The number of rotatable bonds is 1. The van der Waals surface area contributed by atoms with Gasteiger partial charge in [0.2, 0.25) is 6.79 Å². The van der Waals surface area contributed by atoms with Crippen LogP contribution in [-0.2, 0) is 5.60 Å². The molecule has 0 spiro atoms. The molecule has 0 bridgehead atoms. The third-order valence-electron chi connectivity index (χ3n) is 4.87. The third kappa shape index (κ3) is 1.55. The summed E-state index contributed by atoms with van der Waals surface area (Å²) in [6.07, 6.45) is 1.71. The van der Waals surface area contributed by atoms with Crippen LogP contribution in [0.3, 0.4) is 0 Å². The first kappa shape index (κ1) is 13.6. The second kappa shape index (κ2) is 4.39. The summed E-state index contributed by atoms with van der Waals surface area (Å²) < 4.78 is 16.7. The van der Waals surface area contributed by atoms with Crippen molar-refractivity contribution in [1.29, 1.82) is 0 Å². The lowest BCUT2D eigenvalue weighted by Gasteiger charge is -2.33. The normalized spacial score (nSPS) is 20.1. The van der Waals surface area contributed by atoms with Gasteiger partial charge in [-0.1, -0.05) is 6.07 Å². The van der Waals surface area contributed by atoms with E-state index in [1.165, 1.54) is 0 Å². The molecule has 3 aromatic rings. The predicted octanol–water partition coefficient (Wildman–Crippen LogP) is 3.21. The Bertz CT molecular complexity index is 1010. The zero-order chi connectivity index (χ0) is 16.5. The van der Waals surface area contributed by atoms with Gasteiger partial charge >= 0.3 is 0 Å². The molecule has 0 saturated carbocycles. The van der Waals surface area contributed by atoms with Crippen molar-refractivity contribution in [2.75, 3.05) is 13.9 Å². The fourth-order valence-electron chi connectivity index (χ4n) is 3.73. The molecule has 24 heavy (non-hydrogen) atoms. The Morgan fingerprint density at radius 1 is 1.21 bits per heavy atom. The molecule has 5 rings (SSSR count). The van der Waals surface area contributed by atoms with Gasteiger partial charge in [0.15, 0.2) is 11.5 Å². The number of hydrogen-bond acceptors (Lipinski definition) is 5. The molecule has 0 saturated heterocycles. The van der Waals surface area contributed by atoms with Crippen molar-refractivity contribution in [2.24, 2.45) is 0 Å². The van der Waals surface area contributed by atoms with E-state index in [9.17, 15) is 5.11 Å². The molecule has 120 valence electrons. The average Bonchev–Trinajstić information content (AvgIpc) is 3.06. The lowest BCUT2D eigenvalue weighted by Crippen LogP contribution is -2.28. The molecular weight excluding hydrogens is 306 g/mol. The first-order valence-corrected chi connectivity index (χ1v) is 7.74. The third-order valence-corrected chi connectivity index (χ3v) is 4.87. The summed E-state index contributed by atoms with van der Waals surface area (Å²) in [5.74, 6) is 2.12. The lowest BCUT2D eigenvalue weighted by molar-refractivity contribution is 0.0986. The minimum atomic E-state index is -1.22. The Morgan fingerprint density at radius 3 is 2.92 bits per heavy atom. The van der Waals surface area contributed by atoms with E-state index in [2.05, 4.69) is 4.98 Å². The summed E-state index contributed by atoms with van der Waals surface area (Å²) >= 11 is 0. The van der Waals surface area contributed by atoms with E-state index in [0.29, 0.717) is 17.2 Å². The van der Waals surface area contributed by atoms with Gasteiger partial charge in [-0.2, -0.15) is 0 Å². The Labute approximate surface area is 138 Å². The largest absolute Gasteiger partial charge is 0.497 e. The lowest BCUT2D eigenvalue weighted by atomic mass is 9.77. The second-order valence-corrected chi connectivity index (χ2v) is 6.23. The van der Waals surface area contributed by atoms with Crippen molar-refractivity contribution in [2.45, 2.75) is 12.5 Å². The van der Waals surface area contributed by atoms with Gasteiger partial charge in [-0.3, -0.25) is 4.98 Å². The van der Waals surface area contributed by atoms with Crippen LogP contribution in [0.15, 0.2) is 36.5 Å². The monoisotopic (exact) mass is 321 g/mol. The zero-order valence-electron chi connectivity index (χ0n) is 13.3. The van der Waals surface area contributed by atoms with Gasteiger partial charge in [-0.15, -0.1) is 0 Å². The molecule has 1 aliphatic heterocycles. The number of hydrogen-bond donors (Lipinski definition) is 1. The smallest absolute Gasteiger partial charge is 0.231 e. The highest BCUT2D eigenvalue weighted by atomic mass is 16.7. The highest BCUT2D eigenvalue weighted by molar-refractivity contribution is 6.06. The van der Waals surface area contributed by atoms with Crippen LogP contribution in [0.4, 0.5) is 0 Å². The fourth-order valence-corrected chi connectivity index (χ4v) is 3.73. The summed E-state index contributed by atoms with van der Waals surface area (Å²) in [5, 5.41) is 13.1.